The molecule has 28 heavy (non-hydrogen) atoms. The van der Waals surface area contributed by atoms with Gasteiger partial charge in [-0.2, -0.15) is 15.8 Å². The Labute approximate surface area is 167 Å². The summed E-state index contributed by atoms with van der Waals surface area (Å²) in [5.41, 5.74) is 5.21. The Balaban J connectivity index is 2.39. The lowest BCUT2D eigenvalue weighted by molar-refractivity contribution is -0.384. The molecule has 0 bridgehead atoms. The highest BCUT2D eigenvalue weighted by Crippen LogP contribution is 2.57. The summed E-state index contributed by atoms with van der Waals surface area (Å²) in [7, 11) is 0. The molecule has 3 unspecified atom stereocenters. The lowest BCUT2D eigenvalue weighted by Crippen LogP contribution is -2.43. The Morgan fingerprint density at radius 1 is 1.32 bits per heavy atom. The topological polar surface area (TPSA) is 141 Å². The quantitative estimate of drug-likeness (QED) is 0.592. The number of nitrogens with two attached hydrogens (primary N) is 1. The second-order valence-corrected chi connectivity index (χ2v) is 7.62. The molecule has 7 nitrogen and oxygen atoms in total. The Bertz CT molecular complexity index is 1040. The van der Waals surface area contributed by atoms with Gasteiger partial charge in [0.1, 0.15) is 6.07 Å². The van der Waals surface area contributed by atoms with E-state index in [0.717, 1.165) is 6.42 Å². The van der Waals surface area contributed by atoms with Crippen LogP contribution in [0.15, 0.2) is 41.1 Å². The molecule has 2 aliphatic rings. The van der Waals surface area contributed by atoms with Gasteiger partial charge < -0.3 is 5.73 Å². The number of non-ortho nitro benzene ring substituents is 1. The molecule has 0 saturated carbocycles. The molecule has 0 aliphatic heterocycles. The van der Waals surface area contributed by atoms with Crippen LogP contribution >= 0.6 is 11.6 Å². The van der Waals surface area contributed by atoms with E-state index in [9.17, 15) is 25.9 Å². The number of benzene rings is 1. The van der Waals surface area contributed by atoms with Gasteiger partial charge in [0.25, 0.3) is 5.69 Å². The molecule has 0 heterocycles. The lowest BCUT2D eigenvalue weighted by atomic mass is 9.56. The summed E-state index contributed by atoms with van der Waals surface area (Å²) in [6.45, 7) is 2.04. The zero-order valence-electron chi connectivity index (χ0n) is 15.0. The first kappa shape index (κ1) is 19.4. The SMILES string of the molecule is CC1CC=C2C(C#N)=C(N)C(C#N)(C#N)C(c3cc([N+](=O)[O-])ccc3Cl)C2C1. The van der Waals surface area contributed by atoms with Crippen molar-refractivity contribution in [3.05, 3.63) is 61.8 Å². The van der Waals surface area contributed by atoms with E-state index < -0.39 is 16.3 Å². The summed E-state index contributed by atoms with van der Waals surface area (Å²) in [6, 6.07) is 10.0. The van der Waals surface area contributed by atoms with Gasteiger partial charge in [-0.1, -0.05) is 24.6 Å². The highest BCUT2D eigenvalue weighted by atomic mass is 35.5. The average Bonchev–Trinajstić information content (AvgIpc) is 2.68. The number of halogens is 1. The second kappa shape index (κ2) is 7.00. The normalized spacial score (nSPS) is 25.5. The number of hydrogen-bond acceptors (Lipinski definition) is 6. The molecule has 1 aromatic rings. The van der Waals surface area contributed by atoms with E-state index in [2.05, 4.69) is 6.07 Å². The smallest absolute Gasteiger partial charge is 0.269 e. The van der Waals surface area contributed by atoms with Crippen LogP contribution in [0.2, 0.25) is 5.02 Å². The average molecular weight is 394 g/mol. The Morgan fingerprint density at radius 3 is 2.57 bits per heavy atom. The predicted octanol–water partition coefficient (Wildman–Crippen LogP) is 4.09. The molecule has 1 aromatic carbocycles. The van der Waals surface area contributed by atoms with Gasteiger partial charge in [-0.25, -0.2) is 0 Å². The van der Waals surface area contributed by atoms with Crippen LogP contribution in [0.4, 0.5) is 5.69 Å². The second-order valence-electron chi connectivity index (χ2n) is 7.22. The molecular formula is C20H16ClN5O2. The van der Waals surface area contributed by atoms with E-state index >= 15 is 0 Å². The van der Waals surface area contributed by atoms with E-state index in [1.807, 2.05) is 25.1 Å². The van der Waals surface area contributed by atoms with Crippen LogP contribution in [0.1, 0.15) is 31.2 Å². The Morgan fingerprint density at radius 2 is 2.00 bits per heavy atom. The van der Waals surface area contributed by atoms with Crippen LogP contribution in [0.25, 0.3) is 0 Å². The summed E-state index contributed by atoms with van der Waals surface area (Å²) in [6.07, 6.45) is 3.27. The molecule has 0 radical (unpaired) electrons. The van der Waals surface area contributed by atoms with Gasteiger partial charge in [0.15, 0.2) is 5.41 Å². The van der Waals surface area contributed by atoms with Crippen LogP contribution in [-0.4, -0.2) is 4.92 Å². The van der Waals surface area contributed by atoms with Crippen molar-refractivity contribution in [3.63, 3.8) is 0 Å². The van der Waals surface area contributed by atoms with Gasteiger partial charge in [-0.05, 0) is 41.9 Å². The fourth-order valence-electron chi connectivity index (χ4n) is 4.30. The van der Waals surface area contributed by atoms with Crippen molar-refractivity contribution in [1.82, 2.24) is 0 Å². The Kier molecular flexibility index (Phi) is 4.86. The lowest BCUT2D eigenvalue weighted by Gasteiger charge is -2.44. The van der Waals surface area contributed by atoms with Crippen molar-refractivity contribution in [1.29, 1.82) is 15.8 Å². The largest absolute Gasteiger partial charge is 0.399 e. The van der Waals surface area contributed by atoms with Gasteiger partial charge in [0.05, 0.1) is 28.3 Å². The summed E-state index contributed by atoms with van der Waals surface area (Å²) < 4.78 is 0. The minimum absolute atomic E-state index is 0.121. The van der Waals surface area contributed by atoms with Gasteiger partial charge in [-0.15, -0.1) is 0 Å². The fraction of sp³-hybridized carbons (Fsp3) is 0.350. The van der Waals surface area contributed by atoms with Crippen molar-refractivity contribution < 1.29 is 4.92 Å². The van der Waals surface area contributed by atoms with Gasteiger partial charge in [0, 0.05) is 23.1 Å². The zero-order chi connectivity index (χ0) is 20.6. The molecule has 0 spiro atoms. The van der Waals surface area contributed by atoms with Crippen molar-refractivity contribution in [2.75, 3.05) is 0 Å². The number of nitriles is 3. The molecule has 0 amide bonds. The molecule has 2 N–H and O–H groups in total. The third kappa shape index (κ3) is 2.71. The van der Waals surface area contributed by atoms with E-state index in [1.165, 1.54) is 18.2 Å². The van der Waals surface area contributed by atoms with Crippen molar-refractivity contribution in [2.45, 2.75) is 25.7 Å². The van der Waals surface area contributed by atoms with E-state index in [4.69, 9.17) is 17.3 Å². The fourth-order valence-corrected chi connectivity index (χ4v) is 4.54. The number of fused-ring (bicyclic) bond motifs is 1. The number of hydrogen-bond donors (Lipinski definition) is 1. The third-order valence-corrected chi connectivity index (χ3v) is 5.98. The maximum absolute atomic E-state index is 11.3. The molecule has 0 aromatic heterocycles. The van der Waals surface area contributed by atoms with Gasteiger partial charge >= 0.3 is 0 Å². The van der Waals surface area contributed by atoms with E-state index in [-0.39, 0.29) is 33.8 Å². The van der Waals surface area contributed by atoms with Crippen molar-refractivity contribution >= 4 is 17.3 Å². The first-order valence-electron chi connectivity index (χ1n) is 8.67. The molecule has 0 saturated heterocycles. The monoisotopic (exact) mass is 393 g/mol. The third-order valence-electron chi connectivity index (χ3n) is 5.64. The summed E-state index contributed by atoms with van der Waals surface area (Å²) >= 11 is 6.38. The first-order chi connectivity index (χ1) is 13.3. The summed E-state index contributed by atoms with van der Waals surface area (Å²) in [5.74, 6) is -0.936. The first-order valence-corrected chi connectivity index (χ1v) is 9.05. The van der Waals surface area contributed by atoms with Crippen LogP contribution in [0.3, 0.4) is 0 Å². The van der Waals surface area contributed by atoms with Crippen molar-refractivity contribution in [3.8, 4) is 18.2 Å². The number of allylic oxidation sites excluding steroid dienone is 4. The standard InChI is InChI=1S/C20H16ClN5O2/c1-11-2-4-13-14(6-11)18(15-7-12(26(27)28)3-5-17(15)21)20(9-23,10-24)19(25)16(13)8-22/h3-5,7,11,14,18H,2,6,25H2,1H3. The number of nitrogens with zero attached hydrogens (tertiary/aromatic N) is 4. The maximum atomic E-state index is 11.3. The zero-order valence-corrected chi connectivity index (χ0v) is 15.8. The van der Waals surface area contributed by atoms with Crippen LogP contribution in [0.5, 0.6) is 0 Å². The minimum atomic E-state index is -1.84. The molecule has 140 valence electrons. The van der Waals surface area contributed by atoms with Crippen molar-refractivity contribution in [2.24, 2.45) is 23.0 Å². The molecule has 3 atom stereocenters. The predicted molar refractivity (Wildman–Crippen MR) is 101 cm³/mol. The molecular weight excluding hydrogens is 378 g/mol. The van der Waals surface area contributed by atoms with Gasteiger partial charge in [0.2, 0.25) is 0 Å². The van der Waals surface area contributed by atoms with Gasteiger partial charge in [-0.3, -0.25) is 10.1 Å². The van der Waals surface area contributed by atoms with Crippen LogP contribution in [0, 0.1) is 61.4 Å². The highest BCUT2D eigenvalue weighted by molar-refractivity contribution is 6.31. The number of nitro benzene ring substituents is 1. The molecule has 3 rings (SSSR count). The molecule has 2 aliphatic carbocycles. The molecule has 0 fully saturated rings. The number of nitro groups is 1. The van der Waals surface area contributed by atoms with Crippen LogP contribution in [-0.2, 0) is 0 Å². The number of rotatable bonds is 2. The van der Waals surface area contributed by atoms with E-state index in [0.29, 0.717) is 17.6 Å². The summed E-state index contributed by atoms with van der Waals surface area (Å²) in [5, 5.41) is 41.1. The Hall–Kier alpha value is -3.34. The maximum Gasteiger partial charge on any atom is 0.269 e. The van der Waals surface area contributed by atoms with E-state index in [1.54, 1.807) is 0 Å². The highest BCUT2D eigenvalue weighted by Gasteiger charge is 2.55. The molecule has 8 heteroatoms. The van der Waals surface area contributed by atoms with Crippen LogP contribution < -0.4 is 5.73 Å². The minimum Gasteiger partial charge on any atom is -0.399 e. The summed E-state index contributed by atoms with van der Waals surface area (Å²) in [4.78, 5) is 10.7.